The van der Waals surface area contributed by atoms with Crippen molar-refractivity contribution >= 4 is 21.9 Å². The second kappa shape index (κ2) is 11.0. The standard InChI is InChI=1S/C22H32N2O7S/c1-16(2)21(22(26)31-15-20(25)24-10-6-4-3-5-7-11-24)23-32(27,28)17-8-9-18-19(14-17)30-13-12-29-18/h8-9,14,16,21,23H,3-7,10-13,15H2,1-2H3/t21-/m0/s1. The summed E-state index contributed by atoms with van der Waals surface area (Å²) in [4.78, 5) is 26.8. The molecule has 2 aliphatic rings. The average molecular weight is 469 g/mol. The van der Waals surface area contributed by atoms with E-state index in [0.29, 0.717) is 37.8 Å². The van der Waals surface area contributed by atoms with E-state index in [9.17, 15) is 18.0 Å². The zero-order valence-electron chi connectivity index (χ0n) is 18.7. The highest BCUT2D eigenvalue weighted by atomic mass is 32.2. The third-order valence-corrected chi connectivity index (χ3v) is 7.01. The van der Waals surface area contributed by atoms with Crippen LogP contribution in [0, 0.1) is 5.92 Å². The molecule has 1 saturated heterocycles. The van der Waals surface area contributed by atoms with E-state index in [4.69, 9.17) is 14.2 Å². The van der Waals surface area contributed by atoms with Gasteiger partial charge in [0.15, 0.2) is 18.1 Å². The first kappa shape index (κ1) is 24.3. The predicted octanol–water partition coefficient (Wildman–Crippen LogP) is 2.10. The molecule has 0 bridgehead atoms. The molecule has 178 valence electrons. The minimum Gasteiger partial charge on any atom is -0.486 e. The molecule has 0 saturated carbocycles. The molecule has 2 aliphatic heterocycles. The summed E-state index contributed by atoms with van der Waals surface area (Å²) in [5, 5.41) is 0. The fourth-order valence-corrected chi connectivity index (χ4v) is 5.04. The molecule has 9 nitrogen and oxygen atoms in total. The molecule has 1 aromatic rings. The second-order valence-electron chi connectivity index (χ2n) is 8.40. The molecule has 1 atom stereocenters. The monoisotopic (exact) mass is 468 g/mol. The van der Waals surface area contributed by atoms with Gasteiger partial charge >= 0.3 is 5.97 Å². The third kappa shape index (κ3) is 6.35. The predicted molar refractivity (Wildman–Crippen MR) is 117 cm³/mol. The van der Waals surface area contributed by atoms with Crippen LogP contribution in [0.25, 0.3) is 0 Å². The van der Waals surface area contributed by atoms with Crippen molar-refractivity contribution in [2.24, 2.45) is 5.92 Å². The first-order valence-corrected chi connectivity index (χ1v) is 12.6. The van der Waals surface area contributed by atoms with E-state index in [1.165, 1.54) is 24.6 Å². The number of fused-ring (bicyclic) bond motifs is 1. The van der Waals surface area contributed by atoms with Crippen LogP contribution in [-0.4, -0.2) is 64.1 Å². The molecular formula is C22H32N2O7S. The van der Waals surface area contributed by atoms with Crippen LogP contribution in [0.5, 0.6) is 11.5 Å². The number of sulfonamides is 1. The Bertz CT molecular complexity index is 909. The summed E-state index contributed by atoms with van der Waals surface area (Å²) in [5.74, 6) is -0.607. The zero-order valence-corrected chi connectivity index (χ0v) is 19.5. The first-order valence-electron chi connectivity index (χ1n) is 11.1. The van der Waals surface area contributed by atoms with Gasteiger partial charge in [-0.25, -0.2) is 8.42 Å². The van der Waals surface area contributed by atoms with Gasteiger partial charge in [0.2, 0.25) is 10.0 Å². The Morgan fingerprint density at radius 2 is 1.66 bits per heavy atom. The molecule has 0 unspecified atom stereocenters. The average Bonchev–Trinajstić information content (AvgIpc) is 2.75. The quantitative estimate of drug-likeness (QED) is 0.610. The number of rotatable bonds is 7. The topological polar surface area (TPSA) is 111 Å². The van der Waals surface area contributed by atoms with Gasteiger partial charge in [0.1, 0.15) is 19.3 Å². The summed E-state index contributed by atoms with van der Waals surface area (Å²) in [5.41, 5.74) is 0. The molecule has 0 radical (unpaired) electrons. The Hall–Kier alpha value is -2.33. The maximum absolute atomic E-state index is 12.9. The second-order valence-corrected chi connectivity index (χ2v) is 10.1. The zero-order chi connectivity index (χ0) is 23.1. The molecule has 0 spiro atoms. The number of hydrogen-bond acceptors (Lipinski definition) is 7. The molecule has 0 aromatic heterocycles. The number of carbonyl (C=O) groups is 2. The Labute approximate surface area is 189 Å². The van der Waals surface area contributed by atoms with E-state index < -0.39 is 28.6 Å². The van der Waals surface area contributed by atoms with E-state index in [2.05, 4.69) is 4.72 Å². The van der Waals surface area contributed by atoms with Crippen LogP contribution in [0.3, 0.4) is 0 Å². The summed E-state index contributed by atoms with van der Waals surface area (Å²) < 4.78 is 44.3. The molecule has 2 heterocycles. The van der Waals surface area contributed by atoms with Crippen molar-refractivity contribution in [1.82, 2.24) is 9.62 Å². The highest BCUT2D eigenvalue weighted by Gasteiger charge is 2.31. The van der Waals surface area contributed by atoms with Crippen molar-refractivity contribution in [3.8, 4) is 11.5 Å². The normalized spacial score (nSPS) is 17.9. The van der Waals surface area contributed by atoms with Gasteiger partial charge in [-0.2, -0.15) is 4.72 Å². The van der Waals surface area contributed by atoms with Crippen LogP contribution >= 0.6 is 0 Å². The maximum Gasteiger partial charge on any atom is 0.324 e. The van der Waals surface area contributed by atoms with Crippen molar-refractivity contribution in [1.29, 1.82) is 0 Å². The lowest BCUT2D eigenvalue weighted by atomic mass is 10.1. The lowest BCUT2D eigenvalue weighted by molar-refractivity contribution is -0.154. The summed E-state index contributed by atoms with van der Waals surface area (Å²) in [6.45, 7) is 5.05. The fraction of sp³-hybridized carbons (Fsp3) is 0.636. The summed E-state index contributed by atoms with van der Waals surface area (Å²) in [7, 11) is -4.03. The number of ether oxygens (including phenoxy) is 3. The van der Waals surface area contributed by atoms with Crippen molar-refractivity contribution in [3.63, 3.8) is 0 Å². The number of benzene rings is 1. The summed E-state index contributed by atoms with van der Waals surface area (Å²) in [6.07, 6.45) is 5.21. The van der Waals surface area contributed by atoms with Crippen LogP contribution in [-0.2, 0) is 24.3 Å². The molecule has 1 N–H and O–H groups in total. The maximum atomic E-state index is 12.9. The van der Waals surface area contributed by atoms with E-state index >= 15 is 0 Å². The number of nitrogens with one attached hydrogen (secondary N) is 1. The van der Waals surface area contributed by atoms with Gasteiger partial charge in [-0.05, 0) is 30.9 Å². The highest BCUT2D eigenvalue weighted by molar-refractivity contribution is 7.89. The smallest absolute Gasteiger partial charge is 0.324 e. The number of carbonyl (C=O) groups excluding carboxylic acids is 2. The van der Waals surface area contributed by atoms with Crippen molar-refractivity contribution in [3.05, 3.63) is 18.2 Å². The molecule has 10 heteroatoms. The van der Waals surface area contributed by atoms with Gasteiger partial charge < -0.3 is 19.1 Å². The Morgan fingerprint density at radius 1 is 1.03 bits per heavy atom. The fourth-order valence-electron chi connectivity index (χ4n) is 3.69. The van der Waals surface area contributed by atoms with E-state index in [1.54, 1.807) is 18.7 Å². The van der Waals surface area contributed by atoms with E-state index in [1.807, 2.05) is 0 Å². The minimum absolute atomic E-state index is 0.0445. The van der Waals surface area contributed by atoms with Crippen molar-refractivity contribution < 1.29 is 32.2 Å². The van der Waals surface area contributed by atoms with Crippen molar-refractivity contribution in [2.45, 2.75) is 56.9 Å². The van der Waals surface area contributed by atoms with Gasteiger partial charge in [0.05, 0.1) is 4.90 Å². The van der Waals surface area contributed by atoms with Crippen LogP contribution in [0.15, 0.2) is 23.1 Å². The van der Waals surface area contributed by atoms with Crippen LogP contribution in [0.4, 0.5) is 0 Å². The third-order valence-electron chi connectivity index (χ3n) is 5.57. The van der Waals surface area contributed by atoms with Crippen LogP contribution < -0.4 is 14.2 Å². The first-order chi connectivity index (χ1) is 15.3. The highest BCUT2D eigenvalue weighted by Crippen LogP contribution is 2.32. The van der Waals surface area contributed by atoms with Gasteiger partial charge in [-0.1, -0.05) is 33.1 Å². The minimum atomic E-state index is -4.03. The number of nitrogens with zero attached hydrogens (tertiary/aromatic N) is 1. The molecule has 1 amide bonds. The molecule has 1 aromatic carbocycles. The van der Waals surface area contributed by atoms with Gasteiger partial charge in [-0.15, -0.1) is 0 Å². The van der Waals surface area contributed by atoms with E-state index in [-0.39, 0.29) is 16.7 Å². The molecular weight excluding hydrogens is 436 g/mol. The van der Waals surface area contributed by atoms with E-state index in [0.717, 1.165) is 25.7 Å². The molecule has 3 rings (SSSR count). The van der Waals surface area contributed by atoms with Gasteiger partial charge in [0.25, 0.3) is 5.91 Å². The van der Waals surface area contributed by atoms with Gasteiger partial charge in [-0.3, -0.25) is 9.59 Å². The summed E-state index contributed by atoms with van der Waals surface area (Å²) in [6, 6.07) is 3.15. The molecule has 1 fully saturated rings. The number of hydrogen-bond donors (Lipinski definition) is 1. The molecule has 32 heavy (non-hydrogen) atoms. The summed E-state index contributed by atoms with van der Waals surface area (Å²) >= 11 is 0. The Kier molecular flexibility index (Phi) is 8.36. The van der Waals surface area contributed by atoms with Crippen LogP contribution in [0.1, 0.15) is 46.0 Å². The molecule has 0 aliphatic carbocycles. The SMILES string of the molecule is CC(C)[C@H](NS(=O)(=O)c1ccc2c(c1)OCCO2)C(=O)OCC(=O)N1CCCCCCC1. The largest absolute Gasteiger partial charge is 0.486 e. The van der Waals surface area contributed by atoms with Crippen LogP contribution in [0.2, 0.25) is 0 Å². The lowest BCUT2D eigenvalue weighted by Crippen LogP contribution is -2.46. The number of amides is 1. The number of likely N-dealkylation sites (tertiary alicyclic amines) is 1. The van der Waals surface area contributed by atoms with Gasteiger partial charge in [0, 0.05) is 19.2 Å². The van der Waals surface area contributed by atoms with Crippen molar-refractivity contribution in [2.75, 3.05) is 32.9 Å². The Balaban J connectivity index is 1.62. The number of esters is 1. The Morgan fingerprint density at radius 3 is 2.31 bits per heavy atom. The lowest BCUT2D eigenvalue weighted by Gasteiger charge is -2.25.